The second-order valence-corrected chi connectivity index (χ2v) is 5.00. The Balaban J connectivity index is 2.26. The maximum absolute atomic E-state index is 13.9. The van der Waals surface area contributed by atoms with Crippen molar-refractivity contribution < 1.29 is 8.78 Å². The Kier molecular flexibility index (Phi) is 5.44. The Morgan fingerprint density at radius 1 is 1.29 bits per heavy atom. The third-order valence-corrected chi connectivity index (χ3v) is 3.50. The van der Waals surface area contributed by atoms with E-state index < -0.39 is 11.6 Å². The first-order valence-electron chi connectivity index (χ1n) is 7.34. The number of halogens is 2. The maximum Gasteiger partial charge on any atom is 0.162 e. The van der Waals surface area contributed by atoms with E-state index in [1.54, 1.807) is 12.3 Å². The van der Waals surface area contributed by atoms with Crippen molar-refractivity contribution >= 4 is 0 Å². The van der Waals surface area contributed by atoms with E-state index in [4.69, 9.17) is 0 Å². The van der Waals surface area contributed by atoms with Crippen LogP contribution in [-0.2, 0) is 13.0 Å². The number of rotatable bonds is 7. The summed E-state index contributed by atoms with van der Waals surface area (Å²) in [4.78, 5) is 4.37. The van der Waals surface area contributed by atoms with Crippen LogP contribution in [0.15, 0.2) is 30.6 Å². The van der Waals surface area contributed by atoms with Gasteiger partial charge in [-0.05, 0) is 37.9 Å². The minimum atomic E-state index is -0.805. The van der Waals surface area contributed by atoms with Gasteiger partial charge in [0.05, 0.1) is 6.04 Å². The summed E-state index contributed by atoms with van der Waals surface area (Å²) < 4.78 is 29.2. The molecule has 2 aromatic rings. The molecule has 1 aromatic carbocycles. The first kappa shape index (κ1) is 15.6. The quantitative estimate of drug-likeness (QED) is 0.847. The second kappa shape index (κ2) is 7.31. The van der Waals surface area contributed by atoms with Crippen molar-refractivity contribution in [2.45, 2.75) is 39.3 Å². The molecule has 5 heteroatoms. The van der Waals surface area contributed by atoms with Crippen molar-refractivity contribution in [3.63, 3.8) is 0 Å². The van der Waals surface area contributed by atoms with Gasteiger partial charge < -0.3 is 9.88 Å². The Labute approximate surface area is 124 Å². The zero-order valence-corrected chi connectivity index (χ0v) is 12.4. The first-order valence-corrected chi connectivity index (χ1v) is 7.34. The molecule has 0 radical (unpaired) electrons. The van der Waals surface area contributed by atoms with Crippen molar-refractivity contribution in [2.75, 3.05) is 6.54 Å². The molecule has 0 spiro atoms. The second-order valence-electron chi connectivity index (χ2n) is 5.00. The van der Waals surface area contributed by atoms with E-state index >= 15 is 0 Å². The number of aryl methyl sites for hydroxylation is 1. The molecular weight excluding hydrogens is 272 g/mol. The predicted octanol–water partition coefficient (Wildman–Crippen LogP) is 3.46. The zero-order valence-electron chi connectivity index (χ0n) is 12.4. The number of nitrogens with one attached hydrogen (secondary N) is 1. The molecule has 2 rings (SSSR count). The van der Waals surface area contributed by atoms with E-state index in [0.717, 1.165) is 31.4 Å². The van der Waals surface area contributed by atoms with Crippen LogP contribution in [0.4, 0.5) is 8.78 Å². The molecule has 0 aliphatic heterocycles. The first-order chi connectivity index (χ1) is 10.2. The smallest absolute Gasteiger partial charge is 0.162 e. The van der Waals surface area contributed by atoms with Gasteiger partial charge >= 0.3 is 0 Å². The number of hydrogen-bond acceptors (Lipinski definition) is 2. The molecule has 1 N–H and O–H groups in total. The molecule has 21 heavy (non-hydrogen) atoms. The minimum Gasteiger partial charge on any atom is -0.334 e. The van der Waals surface area contributed by atoms with Gasteiger partial charge in [0.1, 0.15) is 5.82 Å². The summed E-state index contributed by atoms with van der Waals surface area (Å²) in [5, 5.41) is 3.37. The average Bonchev–Trinajstić information content (AvgIpc) is 2.96. The van der Waals surface area contributed by atoms with Gasteiger partial charge in [0.15, 0.2) is 11.6 Å². The highest BCUT2D eigenvalue weighted by Gasteiger charge is 2.19. The zero-order chi connectivity index (χ0) is 15.2. The molecule has 0 bridgehead atoms. The largest absolute Gasteiger partial charge is 0.334 e. The Hall–Kier alpha value is -1.75. The lowest BCUT2D eigenvalue weighted by atomic mass is 10.0. The summed E-state index contributed by atoms with van der Waals surface area (Å²) >= 11 is 0. The van der Waals surface area contributed by atoms with Crippen LogP contribution in [0.2, 0.25) is 0 Å². The molecule has 0 saturated heterocycles. The highest BCUT2D eigenvalue weighted by Crippen LogP contribution is 2.20. The van der Waals surface area contributed by atoms with Crippen LogP contribution in [0.1, 0.15) is 37.7 Å². The summed E-state index contributed by atoms with van der Waals surface area (Å²) in [5.74, 6) is -0.717. The van der Waals surface area contributed by atoms with Crippen LogP contribution in [0, 0.1) is 11.6 Å². The van der Waals surface area contributed by atoms with Crippen LogP contribution in [0.5, 0.6) is 0 Å². The van der Waals surface area contributed by atoms with Gasteiger partial charge in [-0.2, -0.15) is 0 Å². The summed E-state index contributed by atoms with van der Waals surface area (Å²) in [6, 6.07) is 4.17. The number of nitrogens with zero attached hydrogens (tertiary/aromatic N) is 2. The molecule has 1 unspecified atom stereocenters. The van der Waals surface area contributed by atoms with E-state index in [0.29, 0.717) is 12.0 Å². The fourth-order valence-corrected chi connectivity index (χ4v) is 2.40. The lowest BCUT2D eigenvalue weighted by molar-refractivity contribution is 0.457. The van der Waals surface area contributed by atoms with Gasteiger partial charge in [-0.25, -0.2) is 13.8 Å². The van der Waals surface area contributed by atoms with E-state index in [9.17, 15) is 8.78 Å². The van der Waals surface area contributed by atoms with Gasteiger partial charge in [-0.15, -0.1) is 0 Å². The van der Waals surface area contributed by atoms with Crippen molar-refractivity contribution in [2.24, 2.45) is 0 Å². The van der Waals surface area contributed by atoms with E-state index in [1.165, 1.54) is 6.07 Å². The highest BCUT2D eigenvalue weighted by atomic mass is 19.2. The van der Waals surface area contributed by atoms with Crippen molar-refractivity contribution in [1.82, 2.24) is 14.9 Å². The molecule has 3 nitrogen and oxygen atoms in total. The standard InChI is InChI=1S/C16H21F2N3/c1-3-8-19-14(16-20-9-10-21(16)4-2)11-12-6-5-7-13(17)15(12)18/h5-7,9-10,14,19H,3-4,8,11H2,1-2H3. The van der Waals surface area contributed by atoms with Gasteiger partial charge in [0, 0.05) is 18.9 Å². The normalized spacial score (nSPS) is 12.6. The van der Waals surface area contributed by atoms with Crippen molar-refractivity contribution in [1.29, 1.82) is 0 Å². The molecule has 1 atom stereocenters. The maximum atomic E-state index is 13.9. The summed E-state index contributed by atoms with van der Waals surface area (Å²) in [6.45, 7) is 5.70. The van der Waals surface area contributed by atoms with E-state index in [1.807, 2.05) is 17.7 Å². The monoisotopic (exact) mass is 293 g/mol. The van der Waals surface area contributed by atoms with Crippen LogP contribution < -0.4 is 5.32 Å². The minimum absolute atomic E-state index is 0.129. The van der Waals surface area contributed by atoms with Crippen molar-refractivity contribution in [3.8, 4) is 0 Å². The van der Waals surface area contributed by atoms with E-state index in [-0.39, 0.29) is 6.04 Å². The van der Waals surface area contributed by atoms with Gasteiger partial charge in [0.2, 0.25) is 0 Å². The summed E-state index contributed by atoms with van der Waals surface area (Å²) in [5.41, 5.74) is 0.370. The van der Waals surface area contributed by atoms with Crippen LogP contribution in [0.3, 0.4) is 0 Å². The van der Waals surface area contributed by atoms with Crippen LogP contribution in [0.25, 0.3) is 0 Å². The molecule has 0 fully saturated rings. The predicted molar refractivity (Wildman–Crippen MR) is 79.0 cm³/mol. The molecule has 1 aromatic heterocycles. The topological polar surface area (TPSA) is 29.9 Å². The van der Waals surface area contributed by atoms with Gasteiger partial charge in [0.25, 0.3) is 0 Å². The Morgan fingerprint density at radius 3 is 2.81 bits per heavy atom. The summed E-state index contributed by atoms with van der Waals surface area (Å²) in [6.07, 6.45) is 4.98. The number of imidazole rings is 1. The number of hydrogen-bond donors (Lipinski definition) is 1. The molecule has 0 aliphatic carbocycles. The third kappa shape index (κ3) is 3.67. The van der Waals surface area contributed by atoms with Gasteiger partial charge in [-0.1, -0.05) is 19.1 Å². The molecule has 1 heterocycles. The van der Waals surface area contributed by atoms with Crippen LogP contribution >= 0.6 is 0 Å². The third-order valence-electron chi connectivity index (χ3n) is 3.50. The highest BCUT2D eigenvalue weighted by molar-refractivity contribution is 5.21. The number of aromatic nitrogens is 2. The number of benzene rings is 1. The Morgan fingerprint density at radius 2 is 2.10 bits per heavy atom. The molecule has 0 saturated carbocycles. The fourth-order valence-electron chi connectivity index (χ4n) is 2.40. The summed E-state index contributed by atoms with van der Waals surface area (Å²) in [7, 11) is 0. The fraction of sp³-hybridized carbons (Fsp3) is 0.438. The Bertz CT molecular complexity index is 581. The molecule has 0 amide bonds. The van der Waals surface area contributed by atoms with Gasteiger partial charge in [-0.3, -0.25) is 0 Å². The van der Waals surface area contributed by atoms with Crippen molar-refractivity contribution in [3.05, 3.63) is 53.6 Å². The molecular formula is C16H21F2N3. The molecule has 0 aliphatic rings. The lowest BCUT2D eigenvalue weighted by Crippen LogP contribution is -2.27. The van der Waals surface area contributed by atoms with E-state index in [2.05, 4.69) is 17.2 Å². The SMILES string of the molecule is CCCNC(Cc1cccc(F)c1F)c1nccn1CC. The lowest BCUT2D eigenvalue weighted by Gasteiger charge is -2.19. The van der Waals surface area contributed by atoms with Crippen LogP contribution in [-0.4, -0.2) is 16.1 Å². The average molecular weight is 293 g/mol. The molecule has 114 valence electrons.